The lowest BCUT2D eigenvalue weighted by Gasteiger charge is -2.16. The molecule has 0 saturated heterocycles. The van der Waals surface area contributed by atoms with E-state index in [1.807, 2.05) is 31.2 Å². The van der Waals surface area contributed by atoms with Gasteiger partial charge in [0.2, 0.25) is 0 Å². The average molecular weight is 340 g/mol. The first-order chi connectivity index (χ1) is 11.5. The Kier molecular flexibility index (Phi) is 4.71. The van der Waals surface area contributed by atoms with E-state index in [1.54, 1.807) is 29.5 Å². The molecule has 3 aromatic rings. The molecule has 1 heterocycles. The van der Waals surface area contributed by atoms with Crippen molar-refractivity contribution in [2.24, 2.45) is 0 Å². The third-order valence-corrected chi connectivity index (χ3v) is 4.59. The lowest BCUT2D eigenvalue weighted by atomic mass is 10.1. The first-order valence-corrected chi connectivity index (χ1v) is 8.43. The van der Waals surface area contributed by atoms with Gasteiger partial charge in [-0.3, -0.25) is 4.79 Å². The molecule has 5 heteroatoms. The number of nitrogens with zero attached hydrogens (tertiary/aromatic N) is 2. The van der Waals surface area contributed by atoms with Gasteiger partial charge in [0.05, 0.1) is 0 Å². The molecule has 3 rings (SSSR count). The van der Waals surface area contributed by atoms with Crippen LogP contribution in [0.25, 0.3) is 10.6 Å². The zero-order valence-electron chi connectivity index (χ0n) is 13.5. The number of hydrogen-bond acceptors (Lipinski definition) is 3. The van der Waals surface area contributed by atoms with Gasteiger partial charge in [-0.15, -0.1) is 11.3 Å². The summed E-state index contributed by atoms with van der Waals surface area (Å²) in [6.45, 7) is 2.56. The van der Waals surface area contributed by atoms with Crippen LogP contribution in [0.3, 0.4) is 0 Å². The fourth-order valence-electron chi connectivity index (χ4n) is 2.33. The quantitative estimate of drug-likeness (QED) is 0.699. The second-order valence-corrected chi connectivity index (χ2v) is 6.55. The number of carbonyl (C=O) groups is 1. The van der Waals surface area contributed by atoms with Crippen LogP contribution in [0.1, 0.15) is 21.6 Å². The van der Waals surface area contributed by atoms with E-state index in [9.17, 15) is 9.18 Å². The van der Waals surface area contributed by atoms with E-state index in [2.05, 4.69) is 4.98 Å². The van der Waals surface area contributed by atoms with E-state index in [4.69, 9.17) is 0 Å². The van der Waals surface area contributed by atoms with E-state index in [0.717, 1.165) is 11.1 Å². The third-order valence-electron chi connectivity index (χ3n) is 3.70. The van der Waals surface area contributed by atoms with Crippen molar-refractivity contribution in [1.82, 2.24) is 9.88 Å². The van der Waals surface area contributed by atoms with Crippen molar-refractivity contribution in [2.45, 2.75) is 13.5 Å². The molecule has 24 heavy (non-hydrogen) atoms. The van der Waals surface area contributed by atoms with Crippen molar-refractivity contribution in [2.75, 3.05) is 7.05 Å². The van der Waals surface area contributed by atoms with Crippen LogP contribution >= 0.6 is 11.3 Å². The summed E-state index contributed by atoms with van der Waals surface area (Å²) in [5.74, 6) is -0.412. The number of hydrogen-bond donors (Lipinski definition) is 0. The van der Waals surface area contributed by atoms with Crippen molar-refractivity contribution < 1.29 is 9.18 Å². The van der Waals surface area contributed by atoms with Crippen LogP contribution < -0.4 is 0 Å². The standard InChI is InChI=1S/C19H17FN2OS/c1-13-3-5-14(6-4-13)11-22(2)19(23)17-12-24-18(21-17)15-7-9-16(20)10-8-15/h3-10,12H,11H2,1-2H3. The molecule has 0 radical (unpaired) electrons. The monoisotopic (exact) mass is 340 g/mol. The highest BCUT2D eigenvalue weighted by Gasteiger charge is 2.16. The number of rotatable bonds is 4. The molecule has 1 aromatic heterocycles. The first-order valence-electron chi connectivity index (χ1n) is 7.55. The Balaban J connectivity index is 1.73. The zero-order chi connectivity index (χ0) is 17.1. The molecule has 2 aromatic carbocycles. The first kappa shape index (κ1) is 16.3. The minimum atomic E-state index is -0.288. The predicted octanol–water partition coefficient (Wildman–Crippen LogP) is 4.53. The van der Waals surface area contributed by atoms with Crippen molar-refractivity contribution in [3.05, 3.63) is 76.5 Å². The fraction of sp³-hybridized carbons (Fsp3) is 0.158. The van der Waals surface area contributed by atoms with Gasteiger partial charge in [0.1, 0.15) is 16.5 Å². The highest BCUT2D eigenvalue weighted by molar-refractivity contribution is 7.13. The number of halogens is 1. The highest BCUT2D eigenvalue weighted by Crippen LogP contribution is 2.24. The normalized spacial score (nSPS) is 10.6. The minimum absolute atomic E-state index is 0.125. The fourth-order valence-corrected chi connectivity index (χ4v) is 3.13. The average Bonchev–Trinajstić information content (AvgIpc) is 3.07. The maximum absolute atomic E-state index is 13.0. The zero-order valence-corrected chi connectivity index (χ0v) is 14.3. The molecule has 0 spiro atoms. The van der Waals surface area contributed by atoms with Gasteiger partial charge >= 0.3 is 0 Å². The second kappa shape index (κ2) is 6.93. The molecule has 0 fully saturated rings. The van der Waals surface area contributed by atoms with Crippen LogP contribution in [0.2, 0.25) is 0 Å². The van der Waals surface area contributed by atoms with Gasteiger partial charge in [0, 0.05) is 24.5 Å². The molecule has 1 amide bonds. The number of aryl methyl sites for hydroxylation is 1. The minimum Gasteiger partial charge on any atom is -0.336 e. The van der Waals surface area contributed by atoms with Gasteiger partial charge in [0.15, 0.2) is 0 Å². The second-order valence-electron chi connectivity index (χ2n) is 5.69. The predicted molar refractivity (Wildman–Crippen MR) is 94.5 cm³/mol. The summed E-state index contributed by atoms with van der Waals surface area (Å²) in [5, 5.41) is 2.45. The van der Waals surface area contributed by atoms with Crippen molar-refractivity contribution >= 4 is 17.2 Å². The molecule has 0 bridgehead atoms. The van der Waals surface area contributed by atoms with Crippen LogP contribution in [-0.2, 0) is 6.54 Å². The molecule has 0 aliphatic heterocycles. The van der Waals surface area contributed by atoms with Gasteiger partial charge in [-0.05, 0) is 36.8 Å². The summed E-state index contributed by atoms with van der Waals surface area (Å²) in [6, 6.07) is 14.2. The summed E-state index contributed by atoms with van der Waals surface area (Å²) >= 11 is 1.38. The van der Waals surface area contributed by atoms with Crippen molar-refractivity contribution in [3.63, 3.8) is 0 Å². The molecule has 0 atom stereocenters. The molecule has 0 saturated carbocycles. The molecular formula is C19H17FN2OS. The Bertz CT molecular complexity index is 841. The Morgan fingerprint density at radius 1 is 1.12 bits per heavy atom. The number of thiazole rings is 1. The van der Waals surface area contributed by atoms with Gasteiger partial charge in [-0.1, -0.05) is 29.8 Å². The summed E-state index contributed by atoms with van der Waals surface area (Å²) in [6.07, 6.45) is 0. The molecule has 0 aliphatic carbocycles. The van der Waals surface area contributed by atoms with E-state index < -0.39 is 0 Å². The number of carbonyl (C=O) groups excluding carboxylic acids is 1. The van der Waals surface area contributed by atoms with E-state index >= 15 is 0 Å². The van der Waals surface area contributed by atoms with Crippen LogP contribution in [0.15, 0.2) is 53.9 Å². The number of aromatic nitrogens is 1. The summed E-state index contributed by atoms with van der Waals surface area (Å²) in [5.41, 5.74) is 3.48. The van der Waals surface area contributed by atoms with Gasteiger partial charge in [-0.25, -0.2) is 9.37 Å². The molecule has 122 valence electrons. The lowest BCUT2D eigenvalue weighted by molar-refractivity contribution is 0.0780. The largest absolute Gasteiger partial charge is 0.336 e. The van der Waals surface area contributed by atoms with Crippen molar-refractivity contribution in [1.29, 1.82) is 0 Å². The molecule has 0 aliphatic rings. The van der Waals surface area contributed by atoms with Gasteiger partial charge in [-0.2, -0.15) is 0 Å². The Morgan fingerprint density at radius 2 is 1.79 bits per heavy atom. The molecule has 0 N–H and O–H groups in total. The summed E-state index contributed by atoms with van der Waals surface area (Å²) < 4.78 is 13.0. The lowest BCUT2D eigenvalue weighted by Crippen LogP contribution is -2.26. The van der Waals surface area contributed by atoms with E-state index in [1.165, 1.54) is 29.0 Å². The van der Waals surface area contributed by atoms with Gasteiger partial charge < -0.3 is 4.90 Å². The maximum Gasteiger partial charge on any atom is 0.273 e. The van der Waals surface area contributed by atoms with Crippen LogP contribution in [0.4, 0.5) is 4.39 Å². The van der Waals surface area contributed by atoms with Crippen LogP contribution in [0, 0.1) is 12.7 Å². The Labute approximate surface area is 144 Å². The summed E-state index contributed by atoms with van der Waals surface area (Å²) in [7, 11) is 1.76. The van der Waals surface area contributed by atoms with E-state index in [-0.39, 0.29) is 11.7 Å². The number of benzene rings is 2. The Morgan fingerprint density at radius 3 is 2.46 bits per heavy atom. The smallest absolute Gasteiger partial charge is 0.273 e. The molecule has 0 unspecified atom stereocenters. The SMILES string of the molecule is Cc1ccc(CN(C)C(=O)c2csc(-c3ccc(F)cc3)n2)cc1. The third kappa shape index (κ3) is 3.68. The van der Waals surface area contributed by atoms with Crippen LogP contribution in [-0.4, -0.2) is 22.8 Å². The summed E-state index contributed by atoms with van der Waals surface area (Å²) in [4.78, 5) is 18.6. The maximum atomic E-state index is 13.0. The molecular weight excluding hydrogens is 323 g/mol. The highest BCUT2D eigenvalue weighted by atomic mass is 32.1. The van der Waals surface area contributed by atoms with Crippen molar-refractivity contribution in [3.8, 4) is 10.6 Å². The molecule has 3 nitrogen and oxygen atoms in total. The van der Waals surface area contributed by atoms with E-state index in [0.29, 0.717) is 17.2 Å². The van der Waals surface area contributed by atoms with Crippen LogP contribution in [0.5, 0.6) is 0 Å². The number of amides is 1. The van der Waals surface area contributed by atoms with Gasteiger partial charge in [0.25, 0.3) is 5.91 Å². The Hall–Kier alpha value is -2.53. The topological polar surface area (TPSA) is 33.2 Å².